The number of methoxy groups -OCH3 is 1. The number of carbonyl (C=O) groups excluding carboxylic acids is 2. The van der Waals surface area contributed by atoms with Crippen LogP contribution in [0.4, 0.5) is 4.39 Å². The van der Waals surface area contributed by atoms with Gasteiger partial charge in [-0.1, -0.05) is 19.9 Å². The highest BCUT2D eigenvalue weighted by Crippen LogP contribution is 2.30. The predicted octanol–water partition coefficient (Wildman–Crippen LogP) is 4.19. The van der Waals surface area contributed by atoms with E-state index in [2.05, 4.69) is 4.98 Å². The zero-order chi connectivity index (χ0) is 21.7. The van der Waals surface area contributed by atoms with Crippen LogP contribution in [0.25, 0.3) is 0 Å². The van der Waals surface area contributed by atoms with Crippen LogP contribution >= 0.6 is 0 Å². The summed E-state index contributed by atoms with van der Waals surface area (Å²) in [5.41, 5.74) is 1.52. The molecule has 2 aromatic rings. The Morgan fingerprint density at radius 2 is 1.90 bits per heavy atom. The Morgan fingerprint density at radius 1 is 1.21 bits per heavy atom. The van der Waals surface area contributed by atoms with Gasteiger partial charge in [-0.05, 0) is 37.1 Å². The molecule has 7 heteroatoms. The van der Waals surface area contributed by atoms with Crippen LogP contribution in [0.5, 0.6) is 11.5 Å². The summed E-state index contributed by atoms with van der Waals surface area (Å²) in [6, 6.07) is 5.94. The number of aryl methyl sites for hydroxylation is 1. The normalized spacial score (nSPS) is 14.0. The molecule has 0 saturated carbocycles. The lowest BCUT2D eigenvalue weighted by atomic mass is 9.92. The van der Waals surface area contributed by atoms with Gasteiger partial charge in [0.05, 0.1) is 13.0 Å². The number of nitrogens with zero attached hydrogens (tertiary/aromatic N) is 1. The van der Waals surface area contributed by atoms with Gasteiger partial charge in [0.2, 0.25) is 0 Å². The van der Waals surface area contributed by atoms with Crippen molar-refractivity contribution < 1.29 is 28.6 Å². The molecule has 156 valence electrons. The van der Waals surface area contributed by atoms with Gasteiger partial charge in [0, 0.05) is 24.6 Å². The van der Waals surface area contributed by atoms with E-state index < -0.39 is 23.8 Å². The largest absolute Gasteiger partial charge is 0.503 e. The molecule has 6 nitrogen and oxygen atoms in total. The number of rotatable bonds is 8. The summed E-state index contributed by atoms with van der Waals surface area (Å²) >= 11 is 0. The SMILES string of the molecule is COc1ccnc(C(=O)C[C@H](C)C(=O)O[C@H](C)[C@@H](C)c2ccc(F)cc2C)c1O. The van der Waals surface area contributed by atoms with E-state index in [9.17, 15) is 19.1 Å². The highest BCUT2D eigenvalue weighted by Gasteiger charge is 2.26. The van der Waals surface area contributed by atoms with Crippen LogP contribution in [0.1, 0.15) is 54.7 Å². The lowest BCUT2D eigenvalue weighted by molar-refractivity contribution is -0.153. The molecule has 0 spiro atoms. The standard InChI is InChI=1S/C22H26FNO5/c1-12-10-16(23)6-7-17(12)14(3)15(4)29-22(27)13(2)11-18(25)20-21(26)19(28-5)8-9-24-20/h6-10,13-15,26H,11H2,1-5H3/t13-,14+,15+/m0/s1. The lowest BCUT2D eigenvalue weighted by Crippen LogP contribution is -2.26. The Bertz CT molecular complexity index is 899. The van der Waals surface area contributed by atoms with Gasteiger partial charge >= 0.3 is 5.97 Å². The number of carbonyl (C=O) groups is 2. The second kappa shape index (κ2) is 9.49. The van der Waals surface area contributed by atoms with Crippen LogP contribution in [0.2, 0.25) is 0 Å². The zero-order valence-electron chi connectivity index (χ0n) is 17.2. The van der Waals surface area contributed by atoms with Crippen molar-refractivity contribution in [3.63, 3.8) is 0 Å². The van der Waals surface area contributed by atoms with Crippen LogP contribution in [0.3, 0.4) is 0 Å². The number of halogens is 1. The summed E-state index contributed by atoms with van der Waals surface area (Å²) in [5.74, 6) is -2.42. The van der Waals surface area contributed by atoms with Gasteiger partial charge in [-0.15, -0.1) is 0 Å². The van der Waals surface area contributed by atoms with Gasteiger partial charge in [-0.25, -0.2) is 9.37 Å². The van der Waals surface area contributed by atoms with Crippen molar-refractivity contribution >= 4 is 11.8 Å². The third-order valence-corrected chi connectivity index (χ3v) is 4.99. The summed E-state index contributed by atoms with van der Waals surface area (Å²) < 4.78 is 23.8. The predicted molar refractivity (Wildman–Crippen MR) is 106 cm³/mol. The van der Waals surface area contributed by atoms with Gasteiger partial charge in [0.25, 0.3) is 0 Å². The summed E-state index contributed by atoms with van der Waals surface area (Å²) in [7, 11) is 1.37. The number of ketones is 1. The lowest BCUT2D eigenvalue weighted by Gasteiger charge is -2.24. The quantitative estimate of drug-likeness (QED) is 0.525. The third kappa shape index (κ3) is 5.31. The highest BCUT2D eigenvalue weighted by molar-refractivity contribution is 5.99. The molecule has 0 aliphatic rings. The van der Waals surface area contributed by atoms with E-state index in [1.54, 1.807) is 26.8 Å². The molecule has 1 aromatic heterocycles. The van der Waals surface area contributed by atoms with Gasteiger partial charge in [0.1, 0.15) is 11.9 Å². The zero-order valence-corrected chi connectivity index (χ0v) is 17.2. The van der Waals surface area contributed by atoms with E-state index in [0.717, 1.165) is 11.1 Å². The first-order chi connectivity index (χ1) is 13.6. The summed E-state index contributed by atoms with van der Waals surface area (Å²) in [6.45, 7) is 7.04. The molecule has 3 atom stereocenters. The van der Waals surface area contributed by atoms with Gasteiger partial charge < -0.3 is 14.6 Å². The van der Waals surface area contributed by atoms with E-state index in [1.807, 2.05) is 6.92 Å². The van der Waals surface area contributed by atoms with Crippen LogP contribution in [0.15, 0.2) is 30.5 Å². The smallest absolute Gasteiger partial charge is 0.309 e. The van der Waals surface area contributed by atoms with E-state index in [1.165, 1.54) is 31.5 Å². The van der Waals surface area contributed by atoms with Crippen molar-refractivity contribution in [3.8, 4) is 11.5 Å². The second-order valence-electron chi connectivity index (χ2n) is 7.17. The maximum atomic E-state index is 13.3. The third-order valence-electron chi connectivity index (χ3n) is 4.99. The fourth-order valence-electron chi connectivity index (χ4n) is 3.07. The topological polar surface area (TPSA) is 85.7 Å². The van der Waals surface area contributed by atoms with Gasteiger partial charge in [-0.3, -0.25) is 9.59 Å². The molecule has 0 bridgehead atoms. The first-order valence-corrected chi connectivity index (χ1v) is 9.37. The molecule has 0 aliphatic heterocycles. The van der Waals surface area contributed by atoms with Crippen molar-refractivity contribution in [1.82, 2.24) is 4.98 Å². The number of pyridine rings is 1. The van der Waals surface area contributed by atoms with E-state index in [-0.39, 0.29) is 35.3 Å². The van der Waals surface area contributed by atoms with Crippen LogP contribution in [-0.4, -0.2) is 35.1 Å². The van der Waals surface area contributed by atoms with E-state index in [4.69, 9.17) is 9.47 Å². The molecule has 29 heavy (non-hydrogen) atoms. The first kappa shape index (κ1) is 22.3. The Balaban J connectivity index is 2.02. The number of ether oxygens (including phenoxy) is 2. The Kier molecular flexibility index (Phi) is 7.31. The molecule has 0 unspecified atom stereocenters. The Morgan fingerprint density at radius 3 is 2.52 bits per heavy atom. The average molecular weight is 403 g/mol. The number of aromatic nitrogens is 1. The molecule has 0 fully saturated rings. The first-order valence-electron chi connectivity index (χ1n) is 9.37. The minimum absolute atomic E-state index is 0.135. The van der Waals surface area contributed by atoms with Crippen LogP contribution in [0, 0.1) is 18.7 Å². The summed E-state index contributed by atoms with van der Waals surface area (Å²) in [5, 5.41) is 10.0. The van der Waals surface area contributed by atoms with E-state index >= 15 is 0 Å². The molecule has 0 aliphatic carbocycles. The number of esters is 1. The minimum atomic E-state index is -0.723. The Hall–Kier alpha value is -2.96. The molecule has 1 aromatic carbocycles. The van der Waals surface area contributed by atoms with Crippen molar-refractivity contribution in [2.75, 3.05) is 7.11 Å². The highest BCUT2D eigenvalue weighted by atomic mass is 19.1. The summed E-state index contributed by atoms with van der Waals surface area (Å²) in [6.07, 6.45) is 0.722. The number of aromatic hydroxyl groups is 1. The van der Waals surface area contributed by atoms with Crippen molar-refractivity contribution in [3.05, 3.63) is 53.1 Å². The minimum Gasteiger partial charge on any atom is -0.503 e. The molecule has 1 N–H and O–H groups in total. The second-order valence-corrected chi connectivity index (χ2v) is 7.17. The maximum Gasteiger partial charge on any atom is 0.309 e. The maximum absolute atomic E-state index is 13.3. The molecule has 1 heterocycles. The number of benzene rings is 1. The van der Waals surface area contributed by atoms with Crippen molar-refractivity contribution in [2.45, 2.75) is 46.1 Å². The van der Waals surface area contributed by atoms with Crippen LogP contribution in [-0.2, 0) is 9.53 Å². The van der Waals surface area contributed by atoms with E-state index in [0.29, 0.717) is 0 Å². The number of Topliss-reactive ketones (excluding diaryl/α,β-unsaturated/α-hetero) is 1. The number of hydrogen-bond donors (Lipinski definition) is 1. The molecule has 0 saturated heterocycles. The number of hydrogen-bond acceptors (Lipinski definition) is 6. The fraction of sp³-hybridized carbons (Fsp3) is 0.409. The van der Waals surface area contributed by atoms with Crippen molar-refractivity contribution in [1.29, 1.82) is 0 Å². The fourth-order valence-corrected chi connectivity index (χ4v) is 3.07. The monoisotopic (exact) mass is 403 g/mol. The Labute approximate surface area is 169 Å². The molecule has 2 rings (SSSR count). The molecular formula is C22H26FNO5. The van der Waals surface area contributed by atoms with Gasteiger partial charge in [0.15, 0.2) is 23.0 Å². The van der Waals surface area contributed by atoms with Crippen molar-refractivity contribution in [2.24, 2.45) is 5.92 Å². The molecule has 0 radical (unpaired) electrons. The molecule has 0 amide bonds. The molecular weight excluding hydrogens is 377 g/mol. The average Bonchev–Trinajstić information content (AvgIpc) is 2.67. The van der Waals surface area contributed by atoms with Gasteiger partial charge in [-0.2, -0.15) is 0 Å². The summed E-state index contributed by atoms with van der Waals surface area (Å²) in [4.78, 5) is 28.8. The van der Waals surface area contributed by atoms with Crippen LogP contribution < -0.4 is 4.74 Å².